The van der Waals surface area contributed by atoms with Gasteiger partial charge in [0.15, 0.2) is 0 Å². The molecule has 2 N–H and O–H groups in total. The minimum atomic E-state index is -0.120. The van der Waals surface area contributed by atoms with Gasteiger partial charge in [0.2, 0.25) is 0 Å². The Balaban J connectivity index is 2.27. The van der Waals surface area contributed by atoms with Crippen LogP contribution in [0.1, 0.15) is 37.7 Å². The molecule has 1 unspecified atom stereocenters. The number of pyridine rings is 1. The SMILES string of the molecule is CNc1nc(C(=O)NC(C)CC(C)C)cc2ccccc12. The molecule has 1 amide bonds. The van der Waals surface area contributed by atoms with Crippen LogP contribution in [0.5, 0.6) is 0 Å². The van der Waals surface area contributed by atoms with Crippen LogP contribution in [0, 0.1) is 5.92 Å². The summed E-state index contributed by atoms with van der Waals surface area (Å²) in [4.78, 5) is 16.8. The number of amides is 1. The van der Waals surface area contributed by atoms with Crippen molar-refractivity contribution in [2.75, 3.05) is 12.4 Å². The number of carbonyl (C=O) groups is 1. The van der Waals surface area contributed by atoms with Gasteiger partial charge in [-0.05, 0) is 30.7 Å². The minimum Gasteiger partial charge on any atom is -0.373 e. The lowest BCUT2D eigenvalue weighted by Crippen LogP contribution is -2.34. The Hall–Kier alpha value is -2.10. The van der Waals surface area contributed by atoms with Gasteiger partial charge in [0.05, 0.1) is 0 Å². The van der Waals surface area contributed by atoms with Crippen LogP contribution in [-0.4, -0.2) is 24.0 Å². The zero-order chi connectivity index (χ0) is 15.4. The van der Waals surface area contributed by atoms with E-state index in [1.165, 1.54) is 0 Å². The third kappa shape index (κ3) is 3.72. The summed E-state index contributed by atoms with van der Waals surface area (Å²) < 4.78 is 0. The van der Waals surface area contributed by atoms with Gasteiger partial charge in [-0.2, -0.15) is 0 Å². The summed E-state index contributed by atoms with van der Waals surface area (Å²) in [5.41, 5.74) is 0.452. The molecule has 0 aliphatic carbocycles. The van der Waals surface area contributed by atoms with Crippen LogP contribution in [0.3, 0.4) is 0 Å². The molecule has 1 aromatic carbocycles. The van der Waals surface area contributed by atoms with Crippen molar-refractivity contribution in [1.82, 2.24) is 10.3 Å². The van der Waals surface area contributed by atoms with Crippen LogP contribution in [0.25, 0.3) is 10.8 Å². The molecule has 2 aromatic rings. The topological polar surface area (TPSA) is 54.0 Å². The standard InChI is InChI=1S/C17H23N3O/c1-11(2)9-12(3)19-17(21)15-10-13-7-5-6-8-14(13)16(18-4)20-15/h5-8,10-12H,9H2,1-4H3,(H,18,20)(H,19,21). The van der Waals surface area contributed by atoms with E-state index >= 15 is 0 Å². The highest BCUT2D eigenvalue weighted by molar-refractivity contribution is 6.00. The molecule has 0 bridgehead atoms. The first-order valence-electron chi connectivity index (χ1n) is 7.39. The van der Waals surface area contributed by atoms with Crippen LogP contribution in [0.15, 0.2) is 30.3 Å². The second kappa shape index (κ2) is 6.57. The number of rotatable bonds is 5. The molecule has 0 fully saturated rings. The van der Waals surface area contributed by atoms with Crippen molar-refractivity contribution in [1.29, 1.82) is 0 Å². The average Bonchev–Trinajstić information content (AvgIpc) is 2.44. The smallest absolute Gasteiger partial charge is 0.270 e. The summed E-state index contributed by atoms with van der Waals surface area (Å²) in [5, 5.41) is 8.11. The Bertz CT molecular complexity index is 637. The van der Waals surface area contributed by atoms with Crippen molar-refractivity contribution in [3.63, 3.8) is 0 Å². The zero-order valence-electron chi connectivity index (χ0n) is 13.1. The van der Waals surface area contributed by atoms with Gasteiger partial charge >= 0.3 is 0 Å². The number of aromatic nitrogens is 1. The van der Waals surface area contributed by atoms with E-state index < -0.39 is 0 Å². The molecular weight excluding hydrogens is 262 g/mol. The van der Waals surface area contributed by atoms with Crippen molar-refractivity contribution in [3.05, 3.63) is 36.0 Å². The third-order valence-electron chi connectivity index (χ3n) is 3.41. The fourth-order valence-corrected chi connectivity index (χ4v) is 2.57. The van der Waals surface area contributed by atoms with Gasteiger partial charge < -0.3 is 10.6 Å². The molecule has 0 saturated heterocycles. The predicted molar refractivity (Wildman–Crippen MR) is 87.7 cm³/mol. The molecule has 1 atom stereocenters. The van der Waals surface area contributed by atoms with E-state index in [-0.39, 0.29) is 11.9 Å². The second-order valence-electron chi connectivity index (χ2n) is 5.83. The minimum absolute atomic E-state index is 0.120. The van der Waals surface area contributed by atoms with E-state index in [9.17, 15) is 4.79 Å². The third-order valence-corrected chi connectivity index (χ3v) is 3.41. The number of hydrogen-bond acceptors (Lipinski definition) is 3. The summed E-state index contributed by atoms with van der Waals surface area (Å²) in [6.07, 6.45) is 0.957. The Morgan fingerprint density at radius 1 is 1.24 bits per heavy atom. The maximum Gasteiger partial charge on any atom is 0.270 e. The summed E-state index contributed by atoms with van der Waals surface area (Å²) in [6.45, 7) is 6.32. The lowest BCUT2D eigenvalue weighted by atomic mass is 10.1. The quantitative estimate of drug-likeness (QED) is 0.884. The molecular formula is C17H23N3O. The van der Waals surface area contributed by atoms with Crippen molar-refractivity contribution in [3.8, 4) is 0 Å². The van der Waals surface area contributed by atoms with E-state index in [0.717, 1.165) is 23.0 Å². The van der Waals surface area contributed by atoms with Crippen LogP contribution >= 0.6 is 0 Å². The highest BCUT2D eigenvalue weighted by Crippen LogP contribution is 2.22. The largest absolute Gasteiger partial charge is 0.373 e. The van der Waals surface area contributed by atoms with Gasteiger partial charge in [-0.1, -0.05) is 38.1 Å². The monoisotopic (exact) mass is 285 g/mol. The van der Waals surface area contributed by atoms with E-state index in [4.69, 9.17) is 0 Å². The summed E-state index contributed by atoms with van der Waals surface area (Å²) in [5.74, 6) is 1.16. The maximum atomic E-state index is 12.3. The summed E-state index contributed by atoms with van der Waals surface area (Å²) >= 11 is 0. The number of nitrogens with one attached hydrogen (secondary N) is 2. The molecule has 0 aliphatic rings. The first kappa shape index (κ1) is 15.3. The Morgan fingerprint density at radius 3 is 2.62 bits per heavy atom. The molecule has 21 heavy (non-hydrogen) atoms. The van der Waals surface area contributed by atoms with E-state index in [2.05, 4.69) is 29.5 Å². The van der Waals surface area contributed by atoms with Gasteiger partial charge in [-0.25, -0.2) is 4.98 Å². The predicted octanol–water partition coefficient (Wildman–Crippen LogP) is 3.44. The number of benzene rings is 1. The van der Waals surface area contributed by atoms with Gasteiger partial charge in [-0.3, -0.25) is 4.79 Å². The number of nitrogens with zero attached hydrogens (tertiary/aromatic N) is 1. The first-order valence-corrected chi connectivity index (χ1v) is 7.39. The van der Waals surface area contributed by atoms with Crippen molar-refractivity contribution >= 4 is 22.5 Å². The highest BCUT2D eigenvalue weighted by atomic mass is 16.1. The number of carbonyl (C=O) groups excluding carboxylic acids is 1. The summed E-state index contributed by atoms with van der Waals surface area (Å²) in [6, 6.07) is 9.90. The molecule has 0 spiro atoms. The lowest BCUT2D eigenvalue weighted by Gasteiger charge is -2.16. The molecule has 112 valence electrons. The van der Waals surface area contributed by atoms with Crippen LogP contribution in [-0.2, 0) is 0 Å². The molecule has 1 heterocycles. The number of fused-ring (bicyclic) bond motifs is 1. The average molecular weight is 285 g/mol. The molecule has 0 radical (unpaired) electrons. The van der Waals surface area contributed by atoms with Crippen molar-refractivity contribution in [2.24, 2.45) is 5.92 Å². The van der Waals surface area contributed by atoms with E-state index in [0.29, 0.717) is 11.6 Å². The molecule has 4 heteroatoms. The molecule has 1 aromatic heterocycles. The Kier molecular flexibility index (Phi) is 4.78. The highest BCUT2D eigenvalue weighted by Gasteiger charge is 2.14. The van der Waals surface area contributed by atoms with E-state index in [1.54, 1.807) is 0 Å². The molecule has 2 rings (SSSR count). The molecule has 0 aliphatic heterocycles. The molecule has 4 nitrogen and oxygen atoms in total. The number of anilines is 1. The maximum absolute atomic E-state index is 12.3. The van der Waals surface area contributed by atoms with Gasteiger partial charge in [0, 0.05) is 18.5 Å². The summed E-state index contributed by atoms with van der Waals surface area (Å²) in [7, 11) is 1.82. The molecule has 0 saturated carbocycles. The van der Waals surface area contributed by atoms with Crippen molar-refractivity contribution < 1.29 is 4.79 Å². The fourth-order valence-electron chi connectivity index (χ4n) is 2.57. The number of hydrogen-bond donors (Lipinski definition) is 2. The first-order chi connectivity index (χ1) is 10.0. The van der Waals surface area contributed by atoms with Gasteiger partial charge in [0.25, 0.3) is 5.91 Å². The zero-order valence-corrected chi connectivity index (χ0v) is 13.1. The van der Waals surface area contributed by atoms with E-state index in [1.807, 2.05) is 44.3 Å². The Morgan fingerprint density at radius 2 is 1.95 bits per heavy atom. The van der Waals surface area contributed by atoms with Gasteiger partial charge in [0.1, 0.15) is 11.5 Å². The Labute approximate surface area is 126 Å². The lowest BCUT2D eigenvalue weighted by molar-refractivity contribution is 0.0931. The second-order valence-corrected chi connectivity index (χ2v) is 5.83. The van der Waals surface area contributed by atoms with Crippen molar-refractivity contribution in [2.45, 2.75) is 33.2 Å². The normalized spacial score (nSPS) is 12.4. The fraction of sp³-hybridized carbons (Fsp3) is 0.412. The van der Waals surface area contributed by atoms with Crippen LogP contribution < -0.4 is 10.6 Å². The van der Waals surface area contributed by atoms with Crippen LogP contribution in [0.4, 0.5) is 5.82 Å². The van der Waals surface area contributed by atoms with Crippen LogP contribution in [0.2, 0.25) is 0 Å². The van der Waals surface area contributed by atoms with Gasteiger partial charge in [-0.15, -0.1) is 0 Å².